The number of aromatic nitrogens is 1. The highest BCUT2D eigenvalue weighted by Crippen LogP contribution is 2.43. The predicted octanol–water partition coefficient (Wildman–Crippen LogP) is 6.63. The van der Waals surface area contributed by atoms with Crippen LogP contribution in [0.1, 0.15) is 33.9 Å². The van der Waals surface area contributed by atoms with Crippen LogP contribution in [0.2, 0.25) is 5.02 Å². The van der Waals surface area contributed by atoms with Gasteiger partial charge in [-0.2, -0.15) is 0 Å². The summed E-state index contributed by atoms with van der Waals surface area (Å²) in [4.78, 5) is 18.0. The lowest BCUT2D eigenvalue weighted by atomic mass is 10.0. The third-order valence-corrected chi connectivity index (χ3v) is 6.77. The second-order valence-electron chi connectivity index (χ2n) is 7.67. The Kier molecular flexibility index (Phi) is 6.12. The first-order valence-corrected chi connectivity index (χ1v) is 11.9. The number of nitrogens with one attached hydrogen (secondary N) is 1. The summed E-state index contributed by atoms with van der Waals surface area (Å²) in [6, 6.07) is 21.2. The third-order valence-electron chi connectivity index (χ3n) is 5.60. The Morgan fingerprint density at radius 2 is 1.91 bits per heavy atom. The van der Waals surface area contributed by atoms with Gasteiger partial charge in [-0.1, -0.05) is 33.6 Å². The molecule has 0 amide bonds. The fourth-order valence-corrected chi connectivity index (χ4v) is 4.85. The first-order valence-electron chi connectivity index (χ1n) is 10.3. The van der Waals surface area contributed by atoms with E-state index in [4.69, 9.17) is 28.2 Å². The molecule has 2 aromatic carbocycles. The highest BCUT2D eigenvalue weighted by atomic mass is 79.9. The van der Waals surface area contributed by atoms with E-state index in [1.807, 2.05) is 53.4 Å². The van der Waals surface area contributed by atoms with Crippen LogP contribution in [0.4, 0.5) is 5.69 Å². The Balaban J connectivity index is 1.61. The molecule has 170 valence electrons. The average Bonchev–Trinajstić information content (AvgIpc) is 3.45. The van der Waals surface area contributed by atoms with Crippen molar-refractivity contribution in [1.82, 2.24) is 10.3 Å². The Labute approximate surface area is 214 Å². The molecule has 0 saturated carbocycles. The van der Waals surface area contributed by atoms with Crippen molar-refractivity contribution in [2.24, 2.45) is 0 Å². The lowest BCUT2D eigenvalue weighted by Crippen LogP contribution is -2.29. The maximum absolute atomic E-state index is 11.5. The number of halogens is 2. The highest BCUT2D eigenvalue weighted by Gasteiger charge is 2.42. The molecule has 2 atom stereocenters. The van der Waals surface area contributed by atoms with Crippen molar-refractivity contribution in [3.63, 3.8) is 0 Å². The van der Waals surface area contributed by atoms with Gasteiger partial charge < -0.3 is 19.7 Å². The maximum Gasteiger partial charge on any atom is 0.335 e. The smallest absolute Gasteiger partial charge is 0.335 e. The number of hydrogen-bond donors (Lipinski definition) is 2. The van der Waals surface area contributed by atoms with Gasteiger partial charge in [0.05, 0.1) is 22.3 Å². The molecule has 5 rings (SSSR count). The largest absolute Gasteiger partial charge is 0.478 e. The number of hydrogen-bond acceptors (Lipinski definition) is 4. The zero-order chi connectivity index (χ0) is 23.8. The zero-order valence-electron chi connectivity index (χ0n) is 17.5. The van der Waals surface area contributed by atoms with Crippen molar-refractivity contribution in [2.75, 3.05) is 4.90 Å². The summed E-state index contributed by atoms with van der Waals surface area (Å²) in [6.45, 7) is 0. The van der Waals surface area contributed by atoms with Crippen LogP contribution in [0, 0.1) is 0 Å². The van der Waals surface area contributed by atoms with E-state index in [2.05, 4.69) is 26.2 Å². The number of carboxylic acids is 1. The molecule has 1 aliphatic rings. The van der Waals surface area contributed by atoms with Gasteiger partial charge in [0.2, 0.25) is 0 Å². The fraction of sp³-hybridized carbons (Fsp3) is 0.0800. The first-order chi connectivity index (χ1) is 16.4. The number of rotatable bonds is 5. The molecule has 3 heterocycles. The quantitative estimate of drug-likeness (QED) is 0.268. The molecule has 1 saturated heterocycles. The minimum absolute atomic E-state index is 0.129. The molecule has 0 spiro atoms. The molecule has 1 aliphatic heterocycles. The number of benzene rings is 2. The van der Waals surface area contributed by atoms with E-state index in [1.54, 1.807) is 18.3 Å². The van der Waals surface area contributed by atoms with Crippen molar-refractivity contribution in [2.45, 2.75) is 12.1 Å². The van der Waals surface area contributed by atoms with E-state index >= 15 is 0 Å². The minimum atomic E-state index is -1.04. The van der Waals surface area contributed by atoms with E-state index in [0.29, 0.717) is 27.2 Å². The van der Waals surface area contributed by atoms with Crippen LogP contribution in [-0.2, 0) is 0 Å². The Morgan fingerprint density at radius 1 is 1.12 bits per heavy atom. The van der Waals surface area contributed by atoms with E-state index < -0.39 is 5.97 Å². The second-order valence-corrected chi connectivity index (χ2v) is 9.38. The Bertz CT molecular complexity index is 1380. The number of furan rings is 1. The molecule has 4 aromatic rings. The molecule has 2 aromatic heterocycles. The van der Waals surface area contributed by atoms with Gasteiger partial charge in [-0.15, -0.1) is 0 Å². The average molecular weight is 555 g/mol. The molecule has 0 aliphatic carbocycles. The van der Waals surface area contributed by atoms with Gasteiger partial charge in [-0.05, 0) is 78.9 Å². The van der Waals surface area contributed by atoms with Crippen LogP contribution in [0.5, 0.6) is 0 Å². The molecule has 1 fully saturated rings. The van der Waals surface area contributed by atoms with E-state index in [0.717, 1.165) is 15.9 Å². The molecule has 0 radical (unpaired) electrons. The summed E-state index contributed by atoms with van der Waals surface area (Å²) in [5.74, 6) is 0.0702. The van der Waals surface area contributed by atoms with Gasteiger partial charge in [0.15, 0.2) is 5.11 Å². The normalized spacial score (nSPS) is 17.6. The van der Waals surface area contributed by atoms with Crippen molar-refractivity contribution >= 4 is 56.5 Å². The second kappa shape index (κ2) is 9.21. The monoisotopic (exact) mass is 553 g/mol. The number of anilines is 1. The summed E-state index contributed by atoms with van der Waals surface area (Å²) in [5.41, 5.74) is 2.35. The molecule has 2 N–H and O–H groups in total. The lowest BCUT2D eigenvalue weighted by molar-refractivity contribution is 0.0697. The van der Waals surface area contributed by atoms with Crippen LogP contribution in [-0.4, -0.2) is 21.2 Å². The molecule has 34 heavy (non-hydrogen) atoms. The zero-order valence-corrected chi connectivity index (χ0v) is 20.6. The van der Waals surface area contributed by atoms with Crippen molar-refractivity contribution in [3.8, 4) is 11.3 Å². The number of aromatic carboxylic acids is 1. The van der Waals surface area contributed by atoms with Gasteiger partial charge in [0, 0.05) is 21.9 Å². The summed E-state index contributed by atoms with van der Waals surface area (Å²) in [6.07, 6.45) is 1.74. The van der Waals surface area contributed by atoms with Crippen molar-refractivity contribution in [1.29, 1.82) is 0 Å². The number of carbonyl (C=O) groups is 1. The summed E-state index contributed by atoms with van der Waals surface area (Å²) >= 11 is 15.6. The van der Waals surface area contributed by atoms with Gasteiger partial charge in [0.1, 0.15) is 17.6 Å². The lowest BCUT2D eigenvalue weighted by Gasteiger charge is -2.26. The molecular weight excluding hydrogens is 538 g/mol. The van der Waals surface area contributed by atoms with Gasteiger partial charge in [-0.3, -0.25) is 4.98 Å². The number of nitrogens with zero attached hydrogens (tertiary/aromatic N) is 2. The van der Waals surface area contributed by atoms with Crippen LogP contribution in [0.15, 0.2) is 87.9 Å². The van der Waals surface area contributed by atoms with Crippen LogP contribution in [0.3, 0.4) is 0 Å². The van der Waals surface area contributed by atoms with Crippen molar-refractivity contribution < 1.29 is 14.3 Å². The maximum atomic E-state index is 11.5. The first kappa shape index (κ1) is 22.6. The highest BCUT2D eigenvalue weighted by molar-refractivity contribution is 9.10. The topological polar surface area (TPSA) is 78.6 Å². The molecule has 6 nitrogen and oxygen atoms in total. The van der Waals surface area contributed by atoms with Crippen LogP contribution in [0.25, 0.3) is 11.3 Å². The van der Waals surface area contributed by atoms with Gasteiger partial charge in [0.25, 0.3) is 0 Å². The third kappa shape index (κ3) is 4.20. The van der Waals surface area contributed by atoms with Gasteiger partial charge >= 0.3 is 5.97 Å². The van der Waals surface area contributed by atoms with Crippen LogP contribution >= 0.6 is 39.7 Å². The van der Waals surface area contributed by atoms with E-state index in [9.17, 15) is 9.90 Å². The standard InChI is InChI=1S/C25H17BrClN3O3S/c26-15-5-7-16(8-6-15)30-23(22(29-25(30)34)19-3-1-2-12-28-19)21-11-10-20(33-21)17-13-14(24(31)32)4-9-18(17)27/h1-13,22-23H,(H,29,34)(H,31,32). The molecule has 9 heteroatoms. The molecule has 0 bridgehead atoms. The molecular formula is C25H17BrClN3O3S. The van der Waals surface area contributed by atoms with E-state index in [-0.39, 0.29) is 17.6 Å². The minimum Gasteiger partial charge on any atom is -0.478 e. The number of thiocarbonyl (C=S) groups is 1. The molecule has 2 unspecified atom stereocenters. The predicted molar refractivity (Wildman–Crippen MR) is 138 cm³/mol. The SMILES string of the molecule is O=C(O)c1ccc(Cl)c(-c2ccc(C3C(c4ccccn4)NC(=S)N3c3ccc(Br)cc3)o2)c1. The Hall–Kier alpha value is -3.20. The number of pyridine rings is 1. The van der Waals surface area contributed by atoms with E-state index in [1.165, 1.54) is 12.1 Å². The summed E-state index contributed by atoms with van der Waals surface area (Å²) < 4.78 is 7.25. The van der Waals surface area contributed by atoms with Crippen LogP contribution < -0.4 is 10.2 Å². The van der Waals surface area contributed by atoms with Gasteiger partial charge in [-0.25, -0.2) is 4.79 Å². The van der Waals surface area contributed by atoms with Crippen molar-refractivity contribution in [3.05, 3.63) is 106 Å². The summed E-state index contributed by atoms with van der Waals surface area (Å²) in [7, 11) is 0. The number of carboxylic acid groups (broad SMARTS) is 1. The summed E-state index contributed by atoms with van der Waals surface area (Å²) in [5, 5.41) is 13.7. The Morgan fingerprint density at radius 3 is 2.62 bits per heavy atom. The fourth-order valence-electron chi connectivity index (χ4n) is 4.03.